The molecule has 0 saturated carbocycles. The topological polar surface area (TPSA) is 79.3 Å². The second-order valence-electron chi connectivity index (χ2n) is 10.0. The number of ketones is 1. The van der Waals surface area contributed by atoms with E-state index in [1.165, 1.54) is 0 Å². The Labute approximate surface area is 223 Å². The quantitative estimate of drug-likeness (QED) is 0.286. The van der Waals surface area contributed by atoms with Crippen LogP contribution in [0.5, 0.6) is 5.75 Å². The van der Waals surface area contributed by atoms with Crippen LogP contribution in [0.1, 0.15) is 43.0 Å². The van der Waals surface area contributed by atoms with E-state index in [9.17, 15) is 14.7 Å². The molecule has 2 fully saturated rings. The molecule has 8 heteroatoms. The number of hydrogen-bond acceptors (Lipinski definition) is 6. The zero-order valence-electron chi connectivity index (χ0n) is 21.7. The van der Waals surface area contributed by atoms with Gasteiger partial charge in [-0.3, -0.25) is 14.5 Å². The van der Waals surface area contributed by atoms with E-state index >= 15 is 0 Å². The van der Waals surface area contributed by atoms with E-state index in [2.05, 4.69) is 18.7 Å². The molecule has 0 aliphatic carbocycles. The standard InChI is InChI=1S/C29H35ClN2O5/c1-19(2)18-37-23-9-10-24(20(3)17-23)27(33)25-26(21-5-7-22(30)8-6-21)32(29(35)28(25)34)12-4-11-31-13-15-36-16-14-31/h5-10,17,19,26,33H,4,11-16,18H2,1-3H3/t26-/m1/s1. The van der Waals surface area contributed by atoms with Crippen molar-refractivity contribution in [3.05, 3.63) is 69.8 Å². The highest BCUT2D eigenvalue weighted by molar-refractivity contribution is 6.46. The molecule has 198 valence electrons. The molecule has 0 unspecified atom stereocenters. The molecule has 2 aromatic rings. The lowest BCUT2D eigenvalue weighted by atomic mass is 9.94. The first kappa shape index (κ1) is 27.2. The number of Topliss-reactive ketones (excluding diaryl/α,β-unsaturated/α-hetero) is 1. The van der Waals surface area contributed by atoms with Gasteiger partial charge in [0, 0.05) is 36.8 Å². The maximum absolute atomic E-state index is 13.3. The summed E-state index contributed by atoms with van der Waals surface area (Å²) in [6.07, 6.45) is 0.706. The largest absolute Gasteiger partial charge is 0.507 e. The smallest absolute Gasteiger partial charge is 0.295 e. The Balaban J connectivity index is 1.65. The third-order valence-electron chi connectivity index (χ3n) is 6.74. The van der Waals surface area contributed by atoms with Crippen molar-refractivity contribution in [2.24, 2.45) is 5.92 Å². The van der Waals surface area contributed by atoms with Gasteiger partial charge in [0.05, 0.1) is 31.4 Å². The lowest BCUT2D eigenvalue weighted by molar-refractivity contribution is -0.140. The molecule has 0 radical (unpaired) electrons. The molecule has 37 heavy (non-hydrogen) atoms. The molecule has 1 amide bonds. The summed E-state index contributed by atoms with van der Waals surface area (Å²) < 4.78 is 11.2. The van der Waals surface area contributed by atoms with E-state index in [0.29, 0.717) is 55.0 Å². The fraction of sp³-hybridized carbons (Fsp3) is 0.448. The number of morpholine rings is 1. The SMILES string of the molecule is Cc1cc(OCC(C)C)ccc1C(O)=C1C(=O)C(=O)N(CCCN2CCOCC2)[C@@H]1c1ccc(Cl)cc1. The average Bonchev–Trinajstić information content (AvgIpc) is 3.13. The van der Waals surface area contributed by atoms with Gasteiger partial charge in [0.2, 0.25) is 0 Å². The molecule has 1 atom stereocenters. The van der Waals surface area contributed by atoms with E-state index in [1.807, 2.05) is 13.0 Å². The minimum atomic E-state index is -0.696. The number of carbonyl (C=O) groups is 2. The van der Waals surface area contributed by atoms with Crippen molar-refractivity contribution in [3.63, 3.8) is 0 Å². The van der Waals surface area contributed by atoms with Crippen molar-refractivity contribution in [1.82, 2.24) is 9.80 Å². The predicted octanol–water partition coefficient (Wildman–Crippen LogP) is 4.83. The van der Waals surface area contributed by atoms with Crippen LogP contribution >= 0.6 is 11.6 Å². The monoisotopic (exact) mass is 526 g/mol. The molecule has 2 heterocycles. The number of benzene rings is 2. The molecule has 2 aromatic carbocycles. The molecular formula is C29H35ClN2O5. The Morgan fingerprint density at radius 1 is 1.11 bits per heavy atom. The zero-order valence-corrected chi connectivity index (χ0v) is 22.5. The van der Waals surface area contributed by atoms with Crippen LogP contribution in [0.4, 0.5) is 0 Å². The molecule has 4 rings (SSSR count). The van der Waals surface area contributed by atoms with Gasteiger partial charge in [0.15, 0.2) is 0 Å². The fourth-order valence-corrected chi connectivity index (χ4v) is 4.92. The van der Waals surface area contributed by atoms with Crippen molar-refractivity contribution in [2.45, 2.75) is 33.2 Å². The highest BCUT2D eigenvalue weighted by Gasteiger charge is 2.46. The maximum Gasteiger partial charge on any atom is 0.295 e. The summed E-state index contributed by atoms with van der Waals surface area (Å²) in [5.41, 5.74) is 2.08. The number of aryl methyl sites for hydroxylation is 1. The van der Waals surface area contributed by atoms with Crippen molar-refractivity contribution in [2.75, 3.05) is 46.0 Å². The Morgan fingerprint density at radius 3 is 2.46 bits per heavy atom. The number of ether oxygens (including phenoxy) is 2. The molecule has 0 bridgehead atoms. The highest BCUT2D eigenvalue weighted by Crippen LogP contribution is 2.40. The Morgan fingerprint density at radius 2 is 1.81 bits per heavy atom. The average molecular weight is 527 g/mol. The molecular weight excluding hydrogens is 492 g/mol. The summed E-state index contributed by atoms with van der Waals surface area (Å²) in [5, 5.41) is 12.0. The number of likely N-dealkylation sites (tertiary alicyclic amines) is 1. The minimum absolute atomic E-state index is 0.0950. The van der Waals surface area contributed by atoms with E-state index < -0.39 is 17.7 Å². The van der Waals surface area contributed by atoms with Crippen LogP contribution in [0.25, 0.3) is 5.76 Å². The number of nitrogens with zero attached hydrogens (tertiary/aromatic N) is 2. The van der Waals surface area contributed by atoms with Crippen molar-refractivity contribution in [1.29, 1.82) is 0 Å². The summed E-state index contributed by atoms with van der Waals surface area (Å²) in [6.45, 7) is 10.9. The zero-order chi connectivity index (χ0) is 26.5. The Kier molecular flexibility index (Phi) is 8.90. The summed E-state index contributed by atoms with van der Waals surface area (Å²) in [6, 6.07) is 11.7. The van der Waals surface area contributed by atoms with Gasteiger partial charge in [-0.05, 0) is 60.7 Å². The summed E-state index contributed by atoms with van der Waals surface area (Å²) in [4.78, 5) is 30.4. The lowest BCUT2D eigenvalue weighted by Crippen LogP contribution is -2.38. The summed E-state index contributed by atoms with van der Waals surface area (Å²) in [5.74, 6) is -0.379. The molecule has 1 N–H and O–H groups in total. The molecule has 2 saturated heterocycles. The van der Waals surface area contributed by atoms with Gasteiger partial charge >= 0.3 is 0 Å². The summed E-state index contributed by atoms with van der Waals surface area (Å²) in [7, 11) is 0. The number of hydrogen-bond donors (Lipinski definition) is 1. The molecule has 2 aliphatic rings. The van der Waals surface area contributed by atoms with Crippen LogP contribution in [0.3, 0.4) is 0 Å². The van der Waals surface area contributed by atoms with E-state index in [4.69, 9.17) is 21.1 Å². The number of aliphatic hydroxyl groups excluding tert-OH is 1. The number of halogens is 1. The minimum Gasteiger partial charge on any atom is -0.507 e. The van der Waals surface area contributed by atoms with Gasteiger partial charge in [-0.15, -0.1) is 0 Å². The number of amides is 1. The molecule has 7 nitrogen and oxygen atoms in total. The Bertz CT molecular complexity index is 1160. The molecule has 0 aromatic heterocycles. The first-order chi connectivity index (χ1) is 17.8. The van der Waals surface area contributed by atoms with Gasteiger partial charge in [-0.25, -0.2) is 0 Å². The van der Waals surface area contributed by atoms with Crippen LogP contribution in [0.15, 0.2) is 48.0 Å². The highest BCUT2D eigenvalue weighted by atomic mass is 35.5. The van der Waals surface area contributed by atoms with Crippen molar-refractivity contribution < 1.29 is 24.2 Å². The van der Waals surface area contributed by atoms with Crippen molar-refractivity contribution in [3.8, 4) is 5.75 Å². The van der Waals surface area contributed by atoms with Gasteiger partial charge in [0.1, 0.15) is 11.5 Å². The first-order valence-corrected chi connectivity index (χ1v) is 13.2. The Hall–Kier alpha value is -2.87. The predicted molar refractivity (Wildman–Crippen MR) is 144 cm³/mol. The van der Waals surface area contributed by atoms with Crippen LogP contribution in [0.2, 0.25) is 5.02 Å². The fourth-order valence-electron chi connectivity index (χ4n) is 4.79. The summed E-state index contributed by atoms with van der Waals surface area (Å²) >= 11 is 6.12. The number of aliphatic hydroxyl groups is 1. The van der Waals surface area contributed by atoms with Crippen LogP contribution in [-0.2, 0) is 14.3 Å². The normalized spacial score (nSPS) is 20.1. The van der Waals surface area contributed by atoms with E-state index in [1.54, 1.807) is 41.3 Å². The lowest BCUT2D eigenvalue weighted by Gasteiger charge is -2.29. The van der Waals surface area contributed by atoms with Crippen LogP contribution < -0.4 is 4.74 Å². The van der Waals surface area contributed by atoms with Gasteiger partial charge < -0.3 is 19.5 Å². The van der Waals surface area contributed by atoms with Crippen LogP contribution in [-0.4, -0.2) is 72.6 Å². The number of carbonyl (C=O) groups excluding carboxylic acids is 2. The maximum atomic E-state index is 13.3. The third-order valence-corrected chi connectivity index (χ3v) is 6.99. The molecule has 0 spiro atoms. The van der Waals surface area contributed by atoms with Gasteiger partial charge in [0.25, 0.3) is 11.7 Å². The third kappa shape index (κ3) is 6.35. The molecule has 2 aliphatic heterocycles. The second-order valence-corrected chi connectivity index (χ2v) is 10.5. The van der Waals surface area contributed by atoms with Crippen LogP contribution in [0, 0.1) is 12.8 Å². The van der Waals surface area contributed by atoms with Gasteiger partial charge in [-0.1, -0.05) is 37.6 Å². The number of rotatable bonds is 9. The first-order valence-electron chi connectivity index (χ1n) is 12.8. The van der Waals surface area contributed by atoms with Crippen molar-refractivity contribution >= 4 is 29.1 Å². The second kappa shape index (κ2) is 12.1. The van der Waals surface area contributed by atoms with Gasteiger partial charge in [-0.2, -0.15) is 0 Å². The van der Waals surface area contributed by atoms with E-state index in [0.717, 1.165) is 30.8 Å². The van der Waals surface area contributed by atoms with E-state index in [-0.39, 0.29) is 11.3 Å².